The second kappa shape index (κ2) is 22.0. The first-order valence-corrected chi connectivity index (χ1v) is 17.8. The minimum absolute atomic E-state index is 0. The number of carbonyl (C=O) groups is 1. The number of benzene rings is 6. The number of Topliss-reactive ketones (excluding diaryl/α,β-unsaturated/α-hetero) is 1. The molecule has 0 unspecified atom stereocenters. The molecule has 0 atom stereocenters. The first kappa shape index (κ1) is 38.6. The normalized spacial score (nSPS) is 9.83. The van der Waals surface area contributed by atoms with Gasteiger partial charge in [-0.05, 0) is 47.7 Å². The molecule has 0 aliphatic heterocycles. The molecule has 6 rings (SSSR count). The maximum Gasteiger partial charge on any atom is 0.132 e. The summed E-state index contributed by atoms with van der Waals surface area (Å²) in [5.74, 6) is 0.343. The van der Waals surface area contributed by atoms with Gasteiger partial charge in [0.25, 0.3) is 0 Å². The van der Waals surface area contributed by atoms with Gasteiger partial charge in [-0.25, -0.2) is 0 Å². The number of hydrogen-bond acceptors (Lipinski definition) is 1. The van der Waals surface area contributed by atoms with Crippen LogP contribution < -0.4 is 31.8 Å². The molecule has 1 nitrogen and oxygen atoms in total. The Morgan fingerprint density at radius 3 is 0.609 bits per heavy atom. The highest BCUT2D eigenvalue weighted by Crippen LogP contribution is 2.33. The standard InChI is InChI=1S/2C18H15P.C5H10O.2ClH/c2*1-4-10-16(11-5-1)19(17-12-6-2-7-13-17)18-14-8-3-9-15-18;1-3-5(6)4-2;;/h2*1-15H;3-4H2,1-2H3;2*1H. The molecular weight excluding hydrogens is 641 g/mol. The zero-order valence-corrected chi connectivity index (χ0v) is 29.8. The van der Waals surface area contributed by atoms with E-state index >= 15 is 0 Å². The molecular formula is C41H42Cl2OP2. The summed E-state index contributed by atoms with van der Waals surface area (Å²) in [5.41, 5.74) is 0. The van der Waals surface area contributed by atoms with E-state index in [2.05, 4.69) is 182 Å². The Balaban J connectivity index is 0.000000263. The van der Waals surface area contributed by atoms with Crippen molar-refractivity contribution in [2.75, 3.05) is 0 Å². The summed E-state index contributed by atoms with van der Waals surface area (Å²) in [5, 5.41) is 8.39. The minimum atomic E-state index is -0.446. The summed E-state index contributed by atoms with van der Waals surface area (Å²) in [7, 11) is -0.892. The summed E-state index contributed by atoms with van der Waals surface area (Å²) >= 11 is 0. The molecule has 0 heterocycles. The molecule has 0 radical (unpaired) electrons. The van der Waals surface area contributed by atoms with E-state index in [1.165, 1.54) is 31.8 Å². The monoisotopic (exact) mass is 682 g/mol. The fraction of sp³-hybridized carbons (Fsp3) is 0.0976. The third-order valence-electron chi connectivity index (χ3n) is 6.88. The largest absolute Gasteiger partial charge is 0.300 e. The van der Waals surface area contributed by atoms with Gasteiger partial charge < -0.3 is 0 Å². The lowest BCUT2D eigenvalue weighted by molar-refractivity contribution is -0.118. The van der Waals surface area contributed by atoms with Crippen molar-refractivity contribution in [1.82, 2.24) is 0 Å². The summed E-state index contributed by atoms with van der Waals surface area (Å²) in [6.45, 7) is 3.76. The van der Waals surface area contributed by atoms with Gasteiger partial charge in [0.2, 0.25) is 0 Å². The van der Waals surface area contributed by atoms with Crippen molar-refractivity contribution in [3.63, 3.8) is 0 Å². The summed E-state index contributed by atoms with van der Waals surface area (Å²) in [6, 6.07) is 64.7. The van der Waals surface area contributed by atoms with Gasteiger partial charge in [-0.3, -0.25) is 4.79 Å². The van der Waals surface area contributed by atoms with Crippen LogP contribution in [0.3, 0.4) is 0 Å². The first-order chi connectivity index (χ1) is 21.7. The van der Waals surface area contributed by atoms with Gasteiger partial charge in [0.05, 0.1) is 0 Å². The zero-order chi connectivity index (χ0) is 30.8. The molecule has 5 heteroatoms. The molecule has 236 valence electrons. The minimum Gasteiger partial charge on any atom is -0.300 e. The van der Waals surface area contributed by atoms with Crippen LogP contribution in [0.4, 0.5) is 0 Å². The molecule has 0 fully saturated rings. The van der Waals surface area contributed by atoms with Crippen LogP contribution in [0.25, 0.3) is 0 Å². The molecule has 46 heavy (non-hydrogen) atoms. The molecule has 6 aromatic carbocycles. The Labute approximate surface area is 290 Å². The molecule has 0 N–H and O–H groups in total. The fourth-order valence-corrected chi connectivity index (χ4v) is 9.22. The van der Waals surface area contributed by atoms with Crippen LogP contribution in [0.5, 0.6) is 0 Å². The number of ketones is 1. The van der Waals surface area contributed by atoms with E-state index < -0.39 is 15.8 Å². The molecule has 0 bridgehead atoms. The van der Waals surface area contributed by atoms with E-state index in [0.29, 0.717) is 18.6 Å². The average Bonchev–Trinajstić information content (AvgIpc) is 3.11. The van der Waals surface area contributed by atoms with E-state index in [-0.39, 0.29) is 24.8 Å². The van der Waals surface area contributed by atoms with E-state index in [1.807, 2.05) is 13.8 Å². The van der Waals surface area contributed by atoms with Crippen molar-refractivity contribution >= 4 is 78.3 Å². The topological polar surface area (TPSA) is 17.1 Å². The lowest BCUT2D eigenvalue weighted by Crippen LogP contribution is -2.20. The number of hydrogen-bond donors (Lipinski definition) is 0. The molecule has 0 amide bonds. The lowest BCUT2D eigenvalue weighted by atomic mass is 10.3. The van der Waals surface area contributed by atoms with E-state index in [1.54, 1.807) is 0 Å². The Morgan fingerprint density at radius 1 is 0.348 bits per heavy atom. The fourth-order valence-electron chi connectivity index (χ4n) is 4.61. The molecule has 0 saturated heterocycles. The smallest absolute Gasteiger partial charge is 0.132 e. The molecule has 0 aliphatic rings. The Morgan fingerprint density at radius 2 is 0.500 bits per heavy atom. The van der Waals surface area contributed by atoms with Crippen molar-refractivity contribution in [1.29, 1.82) is 0 Å². The van der Waals surface area contributed by atoms with Crippen LogP contribution in [0, 0.1) is 0 Å². The predicted octanol–water partition coefficient (Wildman–Crippen LogP) is 9.11. The molecule has 0 aliphatic carbocycles. The predicted molar refractivity (Wildman–Crippen MR) is 210 cm³/mol. The second-order valence-corrected chi connectivity index (χ2v) is 14.4. The van der Waals surface area contributed by atoms with E-state index in [9.17, 15) is 4.79 Å². The maximum absolute atomic E-state index is 10.2. The van der Waals surface area contributed by atoms with Crippen LogP contribution in [-0.4, -0.2) is 5.78 Å². The van der Waals surface area contributed by atoms with Crippen LogP contribution in [0.1, 0.15) is 26.7 Å². The van der Waals surface area contributed by atoms with Crippen molar-refractivity contribution in [2.24, 2.45) is 0 Å². The highest BCUT2D eigenvalue weighted by atomic mass is 35.5. The van der Waals surface area contributed by atoms with Gasteiger partial charge in [-0.1, -0.05) is 196 Å². The summed E-state index contributed by atoms with van der Waals surface area (Å²) < 4.78 is 0. The Hall–Kier alpha value is -3.57. The van der Waals surface area contributed by atoms with Gasteiger partial charge in [-0.2, -0.15) is 0 Å². The highest BCUT2D eigenvalue weighted by Gasteiger charge is 2.16. The van der Waals surface area contributed by atoms with Crippen molar-refractivity contribution in [2.45, 2.75) is 26.7 Å². The molecule has 0 spiro atoms. The van der Waals surface area contributed by atoms with Gasteiger partial charge in [0.15, 0.2) is 0 Å². The quantitative estimate of drug-likeness (QED) is 0.146. The number of rotatable bonds is 8. The SMILES string of the molecule is CCC(=O)CC.Cl.Cl.c1ccc(P(c2ccccc2)c2ccccc2)cc1.c1ccc(P(c2ccccc2)c2ccccc2)cc1. The molecule has 6 aromatic rings. The van der Waals surface area contributed by atoms with E-state index in [4.69, 9.17) is 0 Å². The van der Waals surface area contributed by atoms with Crippen molar-refractivity contribution in [3.05, 3.63) is 182 Å². The lowest BCUT2D eigenvalue weighted by Gasteiger charge is -2.18. The highest BCUT2D eigenvalue weighted by molar-refractivity contribution is 7.80. The number of halogens is 2. The van der Waals surface area contributed by atoms with E-state index in [0.717, 1.165) is 0 Å². The molecule has 0 aromatic heterocycles. The van der Waals surface area contributed by atoms with Gasteiger partial charge >= 0.3 is 0 Å². The van der Waals surface area contributed by atoms with Crippen molar-refractivity contribution in [3.8, 4) is 0 Å². The van der Waals surface area contributed by atoms with Crippen LogP contribution in [-0.2, 0) is 4.79 Å². The van der Waals surface area contributed by atoms with Crippen LogP contribution in [0.15, 0.2) is 182 Å². The third-order valence-corrected chi connectivity index (χ3v) is 11.8. The molecule has 0 saturated carbocycles. The Kier molecular flexibility index (Phi) is 18.5. The summed E-state index contributed by atoms with van der Waals surface area (Å²) in [4.78, 5) is 10.2. The maximum atomic E-state index is 10.2. The Bertz CT molecular complexity index is 1310. The van der Waals surface area contributed by atoms with Gasteiger partial charge in [0.1, 0.15) is 5.78 Å². The summed E-state index contributed by atoms with van der Waals surface area (Å²) in [6.07, 6.45) is 1.38. The number of carbonyl (C=O) groups excluding carboxylic acids is 1. The zero-order valence-electron chi connectivity index (χ0n) is 26.4. The van der Waals surface area contributed by atoms with Crippen LogP contribution >= 0.6 is 40.7 Å². The third kappa shape index (κ3) is 12.0. The van der Waals surface area contributed by atoms with Crippen molar-refractivity contribution < 1.29 is 4.79 Å². The van der Waals surface area contributed by atoms with Crippen LogP contribution in [0.2, 0.25) is 0 Å². The average molecular weight is 684 g/mol. The van der Waals surface area contributed by atoms with Gasteiger partial charge in [0, 0.05) is 12.8 Å². The first-order valence-electron chi connectivity index (χ1n) is 15.1. The second-order valence-electron chi connectivity index (χ2n) is 9.93. The van der Waals surface area contributed by atoms with Gasteiger partial charge in [-0.15, -0.1) is 24.8 Å².